The van der Waals surface area contributed by atoms with Crippen LogP contribution in [0.3, 0.4) is 0 Å². The number of hydrogen-bond donors (Lipinski definition) is 2. The number of halogens is 1. The fourth-order valence-corrected chi connectivity index (χ4v) is 2.54. The van der Waals surface area contributed by atoms with Crippen LogP contribution in [0.4, 0.5) is 4.39 Å². The van der Waals surface area contributed by atoms with Gasteiger partial charge in [0.25, 0.3) is 0 Å². The second-order valence-electron chi connectivity index (χ2n) is 4.89. The highest BCUT2D eigenvalue weighted by atomic mass is 32.2. The van der Waals surface area contributed by atoms with Crippen LogP contribution in [0.1, 0.15) is 25.8 Å². The van der Waals surface area contributed by atoms with E-state index in [0.29, 0.717) is 12.2 Å². The monoisotopic (exact) mass is 313 g/mol. The van der Waals surface area contributed by atoms with E-state index in [2.05, 4.69) is 5.32 Å². The molecule has 1 aromatic carbocycles. The molecule has 0 aliphatic heterocycles. The third kappa shape index (κ3) is 6.16. The molecule has 0 fully saturated rings. The lowest BCUT2D eigenvalue weighted by molar-refractivity contribution is -0.143. The number of carbonyl (C=O) groups is 2. The van der Waals surface area contributed by atoms with Gasteiger partial charge >= 0.3 is 5.97 Å². The Hall–Kier alpha value is -1.56. The Morgan fingerprint density at radius 1 is 1.33 bits per heavy atom. The van der Waals surface area contributed by atoms with E-state index >= 15 is 0 Å². The number of aliphatic carboxylic acids is 1. The normalized spacial score (nSPS) is 13.5. The number of hydrogen-bond acceptors (Lipinski definition) is 3. The van der Waals surface area contributed by atoms with Crippen molar-refractivity contribution in [3.8, 4) is 0 Å². The number of nitrogens with one attached hydrogen (secondary N) is 1. The van der Waals surface area contributed by atoms with Crippen molar-refractivity contribution in [1.29, 1.82) is 0 Å². The molecule has 2 atom stereocenters. The highest BCUT2D eigenvalue weighted by Crippen LogP contribution is 2.13. The minimum absolute atomic E-state index is 0.117. The first-order chi connectivity index (χ1) is 9.93. The van der Waals surface area contributed by atoms with E-state index in [1.54, 1.807) is 19.1 Å². The molecule has 0 aliphatic rings. The van der Waals surface area contributed by atoms with Crippen LogP contribution in [0, 0.1) is 11.7 Å². The summed E-state index contributed by atoms with van der Waals surface area (Å²) in [5.41, 5.74) is 0.922. The predicted octanol–water partition coefficient (Wildman–Crippen LogP) is 2.67. The maximum atomic E-state index is 12.7. The third-order valence-electron chi connectivity index (χ3n) is 3.21. The Labute approximate surface area is 128 Å². The first kappa shape index (κ1) is 17.5. The van der Waals surface area contributed by atoms with Gasteiger partial charge in [0.15, 0.2) is 0 Å². The van der Waals surface area contributed by atoms with Gasteiger partial charge in [0, 0.05) is 5.75 Å². The molecule has 0 saturated carbocycles. The molecule has 0 radical (unpaired) electrons. The van der Waals surface area contributed by atoms with Gasteiger partial charge in [-0.2, -0.15) is 0 Å². The number of benzene rings is 1. The van der Waals surface area contributed by atoms with Crippen molar-refractivity contribution in [3.63, 3.8) is 0 Å². The SMILES string of the molecule is CCC(C)[C@H](NC(=O)CSCc1ccc(F)cc1)C(=O)O. The zero-order chi connectivity index (χ0) is 15.8. The fraction of sp³-hybridized carbons (Fsp3) is 0.467. The molecule has 6 heteroatoms. The summed E-state index contributed by atoms with van der Waals surface area (Å²) < 4.78 is 12.7. The van der Waals surface area contributed by atoms with Crippen LogP contribution in [0.5, 0.6) is 0 Å². The van der Waals surface area contributed by atoms with E-state index < -0.39 is 12.0 Å². The average Bonchev–Trinajstić information content (AvgIpc) is 2.45. The number of carboxylic acids is 1. The molecule has 1 rings (SSSR count). The Balaban J connectivity index is 2.39. The van der Waals surface area contributed by atoms with Gasteiger partial charge in [0.2, 0.25) is 5.91 Å². The van der Waals surface area contributed by atoms with Crippen molar-refractivity contribution in [2.45, 2.75) is 32.1 Å². The number of carboxylic acid groups (broad SMARTS) is 1. The number of carbonyl (C=O) groups excluding carboxylic acids is 1. The summed E-state index contributed by atoms with van der Waals surface area (Å²) in [6.45, 7) is 3.68. The lowest BCUT2D eigenvalue weighted by atomic mass is 9.99. The molecular formula is C15H20FNO3S. The van der Waals surface area contributed by atoms with Crippen molar-refractivity contribution < 1.29 is 19.1 Å². The summed E-state index contributed by atoms with van der Waals surface area (Å²) in [4.78, 5) is 22.9. The molecular weight excluding hydrogens is 293 g/mol. The van der Waals surface area contributed by atoms with Gasteiger partial charge < -0.3 is 10.4 Å². The molecule has 116 valence electrons. The van der Waals surface area contributed by atoms with Crippen molar-refractivity contribution in [3.05, 3.63) is 35.6 Å². The molecule has 1 unspecified atom stereocenters. The van der Waals surface area contributed by atoms with Crippen molar-refractivity contribution in [2.24, 2.45) is 5.92 Å². The molecule has 0 heterocycles. The third-order valence-corrected chi connectivity index (χ3v) is 4.21. The summed E-state index contributed by atoms with van der Waals surface area (Å²) >= 11 is 1.37. The van der Waals surface area contributed by atoms with E-state index in [4.69, 9.17) is 5.11 Å². The zero-order valence-corrected chi connectivity index (χ0v) is 13.0. The van der Waals surface area contributed by atoms with Crippen LogP contribution in [-0.2, 0) is 15.3 Å². The van der Waals surface area contributed by atoms with Gasteiger partial charge in [-0.1, -0.05) is 32.4 Å². The second kappa shape index (κ2) is 8.67. The van der Waals surface area contributed by atoms with Gasteiger partial charge in [-0.3, -0.25) is 4.79 Å². The summed E-state index contributed by atoms with van der Waals surface area (Å²) in [6, 6.07) is 5.23. The maximum absolute atomic E-state index is 12.7. The molecule has 4 nitrogen and oxygen atoms in total. The predicted molar refractivity (Wildman–Crippen MR) is 81.6 cm³/mol. The van der Waals surface area contributed by atoms with E-state index in [9.17, 15) is 14.0 Å². The van der Waals surface area contributed by atoms with Crippen LogP contribution in [-0.4, -0.2) is 28.8 Å². The molecule has 21 heavy (non-hydrogen) atoms. The van der Waals surface area contributed by atoms with Gasteiger partial charge in [-0.15, -0.1) is 11.8 Å². The van der Waals surface area contributed by atoms with Crippen LogP contribution < -0.4 is 5.32 Å². The first-order valence-electron chi connectivity index (χ1n) is 6.78. The van der Waals surface area contributed by atoms with Crippen molar-refractivity contribution in [1.82, 2.24) is 5.32 Å². The molecule has 0 bridgehead atoms. The Kier molecular flexibility index (Phi) is 7.22. The van der Waals surface area contributed by atoms with E-state index in [1.807, 2.05) is 6.92 Å². The Morgan fingerprint density at radius 2 is 1.95 bits per heavy atom. The quantitative estimate of drug-likeness (QED) is 0.774. The van der Waals surface area contributed by atoms with Gasteiger partial charge in [0.05, 0.1) is 5.75 Å². The topological polar surface area (TPSA) is 66.4 Å². The Bertz CT molecular complexity index is 478. The van der Waals surface area contributed by atoms with Crippen LogP contribution in [0.15, 0.2) is 24.3 Å². The molecule has 0 aliphatic carbocycles. The van der Waals surface area contributed by atoms with Gasteiger partial charge in [0.1, 0.15) is 11.9 Å². The summed E-state index contributed by atoms with van der Waals surface area (Å²) in [6.07, 6.45) is 0.681. The van der Waals surface area contributed by atoms with Gasteiger partial charge in [-0.05, 0) is 23.6 Å². The Morgan fingerprint density at radius 3 is 2.48 bits per heavy atom. The number of thioether (sulfide) groups is 1. The summed E-state index contributed by atoms with van der Waals surface area (Å²) in [7, 11) is 0. The largest absolute Gasteiger partial charge is 0.480 e. The van der Waals surface area contributed by atoms with Crippen molar-refractivity contribution >= 4 is 23.6 Å². The van der Waals surface area contributed by atoms with Gasteiger partial charge in [-0.25, -0.2) is 9.18 Å². The molecule has 0 saturated heterocycles. The van der Waals surface area contributed by atoms with E-state index in [1.165, 1.54) is 23.9 Å². The molecule has 1 amide bonds. The molecule has 2 N–H and O–H groups in total. The van der Waals surface area contributed by atoms with Crippen molar-refractivity contribution in [2.75, 3.05) is 5.75 Å². The highest BCUT2D eigenvalue weighted by molar-refractivity contribution is 7.99. The summed E-state index contributed by atoms with van der Waals surface area (Å²) in [5.74, 6) is -0.962. The standard InChI is InChI=1S/C15H20FNO3S/c1-3-10(2)14(15(19)20)17-13(18)9-21-8-11-4-6-12(16)7-5-11/h4-7,10,14H,3,8-9H2,1-2H3,(H,17,18)(H,19,20)/t10?,14-/m0/s1. The fourth-order valence-electron chi connectivity index (χ4n) is 1.74. The van der Waals surface area contributed by atoms with Crippen LogP contribution in [0.2, 0.25) is 0 Å². The number of rotatable bonds is 8. The molecule has 0 spiro atoms. The smallest absolute Gasteiger partial charge is 0.326 e. The lowest BCUT2D eigenvalue weighted by Crippen LogP contribution is -2.45. The maximum Gasteiger partial charge on any atom is 0.326 e. The highest BCUT2D eigenvalue weighted by Gasteiger charge is 2.24. The minimum atomic E-state index is -1.01. The second-order valence-corrected chi connectivity index (χ2v) is 5.87. The van der Waals surface area contributed by atoms with Crippen LogP contribution >= 0.6 is 11.8 Å². The molecule has 0 aromatic heterocycles. The minimum Gasteiger partial charge on any atom is -0.480 e. The number of amides is 1. The molecule has 1 aromatic rings. The van der Waals surface area contributed by atoms with E-state index in [-0.39, 0.29) is 23.4 Å². The first-order valence-corrected chi connectivity index (χ1v) is 7.93. The van der Waals surface area contributed by atoms with E-state index in [0.717, 1.165) is 5.56 Å². The lowest BCUT2D eigenvalue weighted by Gasteiger charge is -2.19. The average molecular weight is 313 g/mol. The van der Waals surface area contributed by atoms with Crippen LogP contribution in [0.25, 0.3) is 0 Å². The summed E-state index contributed by atoms with van der Waals surface area (Å²) in [5, 5.41) is 11.6. The zero-order valence-electron chi connectivity index (χ0n) is 12.1.